The molecule has 0 N–H and O–H groups in total. The Morgan fingerprint density at radius 2 is 1.80 bits per heavy atom. The quantitative estimate of drug-likeness (QED) is 0.482. The summed E-state index contributed by atoms with van der Waals surface area (Å²) in [4.78, 5) is 2.41. The summed E-state index contributed by atoms with van der Waals surface area (Å²) in [6.45, 7) is 13.3. The molecule has 1 atom stereocenters. The van der Waals surface area contributed by atoms with Gasteiger partial charge in [-0.05, 0) is 70.8 Å². The van der Waals surface area contributed by atoms with Crippen LogP contribution in [0.15, 0.2) is 78.5 Å². The average molecular weight is 394 g/mol. The maximum absolute atomic E-state index is 4.43. The predicted octanol–water partition coefficient (Wildman–Crippen LogP) is 6.61. The minimum Gasteiger partial charge on any atom is -0.310 e. The predicted molar refractivity (Wildman–Crippen MR) is 132 cm³/mol. The molecule has 152 valence electrons. The van der Waals surface area contributed by atoms with Gasteiger partial charge in [0.2, 0.25) is 0 Å². The SMILES string of the molecule is C=c1/c(=C\C(C)C)cc(N(C2=CCC(C)C=C2)c2cccc(C)c2)c2ccccc12. The van der Waals surface area contributed by atoms with Crippen molar-refractivity contribution < 1.29 is 0 Å². The molecule has 0 heterocycles. The van der Waals surface area contributed by atoms with Crippen molar-refractivity contribution in [1.82, 2.24) is 0 Å². The van der Waals surface area contributed by atoms with E-state index >= 15 is 0 Å². The topological polar surface area (TPSA) is 3.24 Å². The van der Waals surface area contributed by atoms with Gasteiger partial charge in [0.05, 0.1) is 5.69 Å². The van der Waals surface area contributed by atoms with Gasteiger partial charge in [-0.2, -0.15) is 0 Å². The number of hydrogen-bond acceptors (Lipinski definition) is 1. The molecular formula is C29H31N. The molecule has 1 aliphatic rings. The lowest BCUT2D eigenvalue weighted by atomic mass is 9.98. The lowest BCUT2D eigenvalue weighted by Crippen LogP contribution is -2.28. The lowest BCUT2D eigenvalue weighted by Gasteiger charge is -2.30. The summed E-state index contributed by atoms with van der Waals surface area (Å²) in [7, 11) is 0. The van der Waals surface area contributed by atoms with Crippen molar-refractivity contribution in [3.63, 3.8) is 0 Å². The van der Waals surface area contributed by atoms with Crippen LogP contribution >= 0.6 is 0 Å². The van der Waals surface area contributed by atoms with E-state index in [4.69, 9.17) is 0 Å². The Hall–Kier alpha value is -3.06. The molecule has 1 nitrogen and oxygen atoms in total. The third-order valence-corrected chi connectivity index (χ3v) is 5.73. The highest BCUT2D eigenvalue weighted by Crippen LogP contribution is 2.36. The van der Waals surface area contributed by atoms with Gasteiger partial charge in [-0.25, -0.2) is 0 Å². The monoisotopic (exact) mass is 393 g/mol. The molecule has 30 heavy (non-hydrogen) atoms. The Morgan fingerprint density at radius 1 is 1.03 bits per heavy atom. The molecule has 3 aromatic carbocycles. The fourth-order valence-corrected chi connectivity index (χ4v) is 4.21. The molecule has 0 radical (unpaired) electrons. The third-order valence-electron chi connectivity index (χ3n) is 5.73. The van der Waals surface area contributed by atoms with E-state index in [0.717, 1.165) is 11.6 Å². The average Bonchev–Trinajstić information content (AvgIpc) is 2.72. The Balaban J connectivity index is 2.05. The van der Waals surface area contributed by atoms with Crippen LogP contribution in [0, 0.1) is 18.8 Å². The minimum atomic E-state index is 0.460. The van der Waals surface area contributed by atoms with Crippen LogP contribution in [0.1, 0.15) is 32.8 Å². The van der Waals surface area contributed by atoms with Crippen molar-refractivity contribution in [1.29, 1.82) is 0 Å². The summed E-state index contributed by atoms with van der Waals surface area (Å²) in [5.41, 5.74) is 4.90. The fraction of sp³-hybridized carbons (Fsp3) is 0.241. The van der Waals surface area contributed by atoms with Gasteiger partial charge in [-0.1, -0.05) is 82.0 Å². The standard InChI is InChI=1S/C29H31N/c1-20(2)17-24-19-29(28-12-7-6-11-27(28)23(24)5)30(25-15-13-21(3)14-16-25)26-10-8-9-22(4)18-26/h6-13,15-21H,5,14H2,1-4H3/b24-17-. The Labute approximate surface area is 180 Å². The van der Waals surface area contributed by atoms with E-state index in [9.17, 15) is 0 Å². The lowest BCUT2D eigenvalue weighted by molar-refractivity contribution is 0.728. The zero-order valence-corrected chi connectivity index (χ0v) is 18.5. The molecular weight excluding hydrogens is 362 g/mol. The smallest absolute Gasteiger partial charge is 0.0546 e. The van der Waals surface area contributed by atoms with E-state index in [-0.39, 0.29) is 0 Å². The number of benzene rings is 3. The molecule has 0 saturated carbocycles. The van der Waals surface area contributed by atoms with E-state index in [1.807, 2.05) is 0 Å². The molecule has 1 unspecified atom stereocenters. The van der Waals surface area contributed by atoms with Gasteiger partial charge in [-0.3, -0.25) is 0 Å². The summed E-state index contributed by atoms with van der Waals surface area (Å²) in [6, 6.07) is 19.7. The van der Waals surface area contributed by atoms with Crippen LogP contribution in [0.4, 0.5) is 11.4 Å². The van der Waals surface area contributed by atoms with Crippen LogP contribution in [0.3, 0.4) is 0 Å². The minimum absolute atomic E-state index is 0.460. The first-order valence-electron chi connectivity index (χ1n) is 10.9. The molecule has 0 spiro atoms. The third kappa shape index (κ3) is 3.98. The zero-order valence-electron chi connectivity index (χ0n) is 18.5. The van der Waals surface area contributed by atoms with Crippen LogP contribution in [0.25, 0.3) is 23.4 Å². The summed E-state index contributed by atoms with van der Waals surface area (Å²) in [6.07, 6.45) is 10.3. The van der Waals surface area contributed by atoms with Crippen LogP contribution in [0.5, 0.6) is 0 Å². The molecule has 0 amide bonds. The Bertz CT molecular complexity index is 1240. The van der Waals surface area contributed by atoms with Crippen LogP contribution < -0.4 is 15.3 Å². The van der Waals surface area contributed by atoms with Gasteiger partial charge in [0.1, 0.15) is 0 Å². The first-order chi connectivity index (χ1) is 14.4. The number of aryl methyl sites for hydroxylation is 1. The molecule has 0 saturated heterocycles. The van der Waals surface area contributed by atoms with Crippen molar-refractivity contribution in [3.8, 4) is 0 Å². The van der Waals surface area contributed by atoms with E-state index in [2.05, 4.69) is 118 Å². The number of allylic oxidation sites excluding steroid dienone is 3. The van der Waals surface area contributed by atoms with Gasteiger partial charge >= 0.3 is 0 Å². The molecule has 1 heteroatoms. The highest BCUT2D eigenvalue weighted by Gasteiger charge is 2.18. The summed E-state index contributed by atoms with van der Waals surface area (Å²) in [5.74, 6) is 1.04. The second kappa shape index (κ2) is 8.36. The number of fused-ring (bicyclic) bond motifs is 1. The van der Waals surface area contributed by atoms with Gasteiger partial charge in [0.25, 0.3) is 0 Å². The summed E-state index contributed by atoms with van der Waals surface area (Å²) in [5, 5.41) is 4.77. The largest absolute Gasteiger partial charge is 0.310 e. The molecule has 0 fully saturated rings. The molecule has 3 aromatic rings. The Morgan fingerprint density at radius 3 is 2.47 bits per heavy atom. The first-order valence-corrected chi connectivity index (χ1v) is 10.9. The maximum Gasteiger partial charge on any atom is 0.0546 e. The number of hydrogen-bond donors (Lipinski definition) is 0. The second-order valence-corrected chi connectivity index (χ2v) is 8.80. The zero-order chi connectivity index (χ0) is 21.3. The second-order valence-electron chi connectivity index (χ2n) is 8.80. The van der Waals surface area contributed by atoms with Crippen molar-refractivity contribution in [2.24, 2.45) is 11.8 Å². The normalized spacial score (nSPS) is 16.9. The highest BCUT2D eigenvalue weighted by atomic mass is 15.1. The van der Waals surface area contributed by atoms with Gasteiger partial charge in [0, 0.05) is 16.8 Å². The Kier molecular flexibility index (Phi) is 5.63. The van der Waals surface area contributed by atoms with Crippen LogP contribution in [-0.4, -0.2) is 0 Å². The number of nitrogens with zero attached hydrogens (tertiary/aromatic N) is 1. The van der Waals surface area contributed by atoms with Gasteiger partial charge < -0.3 is 4.90 Å². The van der Waals surface area contributed by atoms with Crippen LogP contribution in [-0.2, 0) is 0 Å². The van der Waals surface area contributed by atoms with Gasteiger partial charge in [0.15, 0.2) is 0 Å². The van der Waals surface area contributed by atoms with E-state index in [1.54, 1.807) is 0 Å². The molecule has 0 bridgehead atoms. The number of rotatable bonds is 4. The van der Waals surface area contributed by atoms with E-state index in [1.165, 1.54) is 38.6 Å². The van der Waals surface area contributed by atoms with E-state index < -0.39 is 0 Å². The number of anilines is 2. The fourth-order valence-electron chi connectivity index (χ4n) is 4.21. The first kappa shape index (κ1) is 20.2. The van der Waals surface area contributed by atoms with E-state index in [0.29, 0.717) is 11.8 Å². The van der Waals surface area contributed by atoms with Crippen molar-refractivity contribution >= 4 is 34.8 Å². The molecule has 0 aliphatic heterocycles. The summed E-state index contributed by atoms with van der Waals surface area (Å²) < 4.78 is 0. The van der Waals surface area contributed by atoms with Crippen molar-refractivity contribution in [3.05, 3.63) is 94.5 Å². The van der Waals surface area contributed by atoms with Crippen molar-refractivity contribution in [2.45, 2.75) is 34.1 Å². The summed E-state index contributed by atoms with van der Waals surface area (Å²) >= 11 is 0. The molecule has 0 aromatic heterocycles. The molecule has 1 aliphatic carbocycles. The van der Waals surface area contributed by atoms with Gasteiger partial charge in [-0.15, -0.1) is 0 Å². The maximum atomic E-state index is 4.43. The van der Waals surface area contributed by atoms with Crippen molar-refractivity contribution in [2.75, 3.05) is 4.90 Å². The van der Waals surface area contributed by atoms with Crippen LogP contribution in [0.2, 0.25) is 0 Å². The highest BCUT2D eigenvalue weighted by molar-refractivity contribution is 5.98. The molecule has 4 rings (SSSR count).